The van der Waals surface area contributed by atoms with E-state index < -0.39 is 21.7 Å². The van der Waals surface area contributed by atoms with Gasteiger partial charge in [0, 0.05) is 5.92 Å². The first kappa shape index (κ1) is 27.1. The fraction of sp³-hybridized carbons (Fsp3) is 0.864. The first-order valence-corrected chi connectivity index (χ1v) is 14.4. The summed E-state index contributed by atoms with van der Waals surface area (Å²) in [7, 11) is -9.65. The maximum absolute atomic E-state index is 11.2. The normalized spacial score (nSPS) is 44.2. The molecule has 4 aliphatic carbocycles. The number of phosphoric acid groups is 2. The van der Waals surface area contributed by atoms with Crippen molar-refractivity contribution in [1.29, 1.82) is 0 Å². The molecular weight excluding hydrogens is 468 g/mol. The Balaban J connectivity index is 0.00000306. The van der Waals surface area contributed by atoms with Crippen molar-refractivity contribution in [1.82, 2.24) is 0 Å². The number of hydrogen-bond acceptors (Lipinski definition) is 7. The molecule has 4 aliphatic rings. The van der Waals surface area contributed by atoms with E-state index in [1.165, 1.54) is 5.57 Å². The summed E-state index contributed by atoms with van der Waals surface area (Å²) in [5.41, 5.74) is 1.87. The Kier molecular flexibility index (Phi) is 7.51. The van der Waals surface area contributed by atoms with Crippen molar-refractivity contribution in [2.75, 3.05) is 0 Å². The standard InChI is InChI=1S/C21H35NO8P2.CH4/c1-13(22-30-32(26,27)28)17-6-7-18-16-5-4-14-12-15(29-31(23,24)25)8-10-20(14,2)19(16)9-11-21(17,18)3;/h12,15-19H,4-11H2,1-3H3,(H2,23,24,25)(H2,26,27,28);1H4/p-2/b22-13+;/t15-,16-,17+,18-,19-,20-,21+;/m0./s1. The van der Waals surface area contributed by atoms with Crippen molar-refractivity contribution in [3.8, 4) is 0 Å². The molecule has 0 aromatic carbocycles. The van der Waals surface area contributed by atoms with Crippen LogP contribution >= 0.6 is 15.6 Å². The molecule has 33 heavy (non-hydrogen) atoms. The van der Waals surface area contributed by atoms with Gasteiger partial charge in [0.2, 0.25) is 0 Å². The van der Waals surface area contributed by atoms with Gasteiger partial charge in [-0.2, -0.15) is 0 Å². The van der Waals surface area contributed by atoms with Crippen LogP contribution in [0, 0.1) is 34.5 Å². The second kappa shape index (κ2) is 9.16. The molecule has 0 aromatic heterocycles. The van der Waals surface area contributed by atoms with Gasteiger partial charge in [0.15, 0.2) is 0 Å². The number of phosphoric ester groups is 1. The van der Waals surface area contributed by atoms with Crippen LogP contribution in [0.3, 0.4) is 0 Å². The molecule has 0 aliphatic heterocycles. The number of fused-ring (bicyclic) bond motifs is 5. The summed E-state index contributed by atoms with van der Waals surface area (Å²) in [6, 6.07) is 0. The van der Waals surface area contributed by atoms with Crippen molar-refractivity contribution < 1.29 is 37.9 Å². The van der Waals surface area contributed by atoms with E-state index in [0.717, 1.165) is 44.9 Å². The minimum atomic E-state index is -4.89. The summed E-state index contributed by atoms with van der Waals surface area (Å²) in [5, 5.41) is 3.73. The van der Waals surface area contributed by atoms with E-state index in [1.54, 1.807) is 6.92 Å². The fourth-order valence-corrected chi connectivity index (χ4v) is 8.56. The van der Waals surface area contributed by atoms with Gasteiger partial charge in [-0.25, -0.2) is 0 Å². The Morgan fingerprint density at radius 1 is 1.06 bits per heavy atom. The number of hydrogen-bond donors (Lipinski definition) is 2. The van der Waals surface area contributed by atoms with Gasteiger partial charge in [-0.3, -0.25) is 9.13 Å². The van der Waals surface area contributed by atoms with E-state index >= 15 is 0 Å². The Morgan fingerprint density at radius 3 is 2.39 bits per heavy atom. The van der Waals surface area contributed by atoms with Crippen LogP contribution < -0.4 is 9.79 Å². The van der Waals surface area contributed by atoms with Gasteiger partial charge in [0.25, 0.3) is 7.82 Å². The Morgan fingerprint density at radius 2 is 1.76 bits per heavy atom. The van der Waals surface area contributed by atoms with Crippen molar-refractivity contribution in [3.05, 3.63) is 11.6 Å². The second-order valence-corrected chi connectivity index (χ2v) is 12.9. The lowest BCUT2D eigenvalue weighted by Gasteiger charge is -2.58. The van der Waals surface area contributed by atoms with E-state index in [0.29, 0.717) is 29.9 Å². The highest BCUT2D eigenvalue weighted by molar-refractivity contribution is 7.45. The maximum Gasteiger partial charge on any atom is 0.340 e. The third kappa shape index (κ3) is 5.20. The van der Waals surface area contributed by atoms with Crippen LogP contribution in [0.5, 0.6) is 0 Å². The lowest BCUT2D eigenvalue weighted by molar-refractivity contribution is -0.223. The molecule has 2 unspecified atom stereocenters. The van der Waals surface area contributed by atoms with Crippen molar-refractivity contribution in [3.63, 3.8) is 0 Å². The molecule has 3 saturated carbocycles. The molecule has 0 spiro atoms. The lowest BCUT2D eigenvalue weighted by atomic mass is 9.46. The third-order valence-electron chi connectivity index (χ3n) is 9.13. The molecule has 4 rings (SSSR count). The second-order valence-electron chi connectivity index (χ2n) is 10.6. The Labute approximate surface area is 196 Å². The van der Waals surface area contributed by atoms with Gasteiger partial charge in [0.1, 0.15) is 0 Å². The molecule has 9 nitrogen and oxygen atoms in total. The van der Waals surface area contributed by atoms with Gasteiger partial charge in [-0.1, -0.05) is 38.1 Å². The summed E-state index contributed by atoms with van der Waals surface area (Å²) >= 11 is 0. The molecule has 2 N–H and O–H groups in total. The number of oxime groups is 1. The zero-order chi connectivity index (χ0) is 23.5. The van der Waals surface area contributed by atoms with E-state index in [9.17, 15) is 18.9 Å². The van der Waals surface area contributed by atoms with Crippen molar-refractivity contribution in [2.45, 2.75) is 85.7 Å². The highest BCUT2D eigenvalue weighted by Crippen LogP contribution is 2.67. The molecular formula is C22H37NO8P2-2. The third-order valence-corrected chi connectivity index (χ3v) is 9.96. The number of allylic oxidation sites excluding steroid dienone is 1. The molecule has 190 valence electrons. The highest BCUT2D eigenvalue weighted by atomic mass is 31.2. The molecule has 11 heteroatoms. The Bertz CT molecular complexity index is 910. The first-order chi connectivity index (χ1) is 14.7. The minimum absolute atomic E-state index is 0. The number of rotatable bonds is 5. The van der Waals surface area contributed by atoms with Crippen LogP contribution in [-0.4, -0.2) is 21.6 Å². The molecule has 0 heterocycles. The van der Waals surface area contributed by atoms with Crippen LogP contribution in [0.15, 0.2) is 16.8 Å². The zero-order valence-electron chi connectivity index (χ0n) is 18.8. The number of nitrogens with zero attached hydrogens (tertiary/aromatic N) is 1. The van der Waals surface area contributed by atoms with Gasteiger partial charge < -0.3 is 28.7 Å². The van der Waals surface area contributed by atoms with Gasteiger partial charge in [-0.05, 0) is 86.9 Å². The predicted octanol–water partition coefficient (Wildman–Crippen LogP) is 3.90. The van der Waals surface area contributed by atoms with Crippen LogP contribution in [0.4, 0.5) is 0 Å². The van der Waals surface area contributed by atoms with Crippen molar-refractivity contribution in [2.24, 2.45) is 39.7 Å². The monoisotopic (exact) mass is 505 g/mol. The summed E-state index contributed by atoms with van der Waals surface area (Å²) in [6.07, 6.45) is 8.67. The van der Waals surface area contributed by atoms with Gasteiger partial charge >= 0.3 is 7.82 Å². The molecule has 0 saturated heterocycles. The summed E-state index contributed by atoms with van der Waals surface area (Å²) in [4.78, 5) is 40.1. The zero-order valence-corrected chi connectivity index (χ0v) is 20.6. The van der Waals surface area contributed by atoms with E-state index in [-0.39, 0.29) is 24.2 Å². The summed E-state index contributed by atoms with van der Waals surface area (Å²) in [6.45, 7) is 6.36. The Hall–Kier alpha value is -0.530. The maximum atomic E-state index is 11.2. The molecule has 0 radical (unpaired) electrons. The SMILES string of the molecule is C.C/C(=N\OP(=O)([O-])O)[C@H]1CC[C@H]2[C@@H]3CCC4=C[C@@H](OP(=O)([O-])O)CC[C@]4(C)[C@H]3CC[C@]12C. The van der Waals surface area contributed by atoms with Crippen molar-refractivity contribution >= 4 is 21.4 Å². The van der Waals surface area contributed by atoms with E-state index in [4.69, 9.17) is 14.3 Å². The smallest absolute Gasteiger partial charge is 0.340 e. The quantitative estimate of drug-likeness (QED) is 0.247. The topological polar surface area (TPSA) is 152 Å². The molecule has 0 bridgehead atoms. The van der Waals surface area contributed by atoms with Crippen LogP contribution in [0.25, 0.3) is 0 Å². The minimum Gasteiger partial charge on any atom is -0.756 e. The van der Waals surface area contributed by atoms with E-state index in [1.807, 2.05) is 6.08 Å². The average molecular weight is 505 g/mol. The van der Waals surface area contributed by atoms with Gasteiger partial charge in [0.05, 0.1) is 11.8 Å². The van der Waals surface area contributed by atoms with E-state index in [2.05, 4.69) is 23.6 Å². The molecule has 0 amide bonds. The van der Waals surface area contributed by atoms with Crippen LogP contribution in [0.1, 0.15) is 79.6 Å². The molecule has 3 fully saturated rings. The lowest BCUT2D eigenvalue weighted by Crippen LogP contribution is -2.51. The van der Waals surface area contributed by atoms with Gasteiger partial charge in [-0.15, -0.1) is 0 Å². The highest BCUT2D eigenvalue weighted by Gasteiger charge is 2.59. The largest absolute Gasteiger partial charge is 0.756 e. The summed E-state index contributed by atoms with van der Waals surface area (Å²) < 4.78 is 31.4. The predicted molar refractivity (Wildman–Crippen MR) is 121 cm³/mol. The summed E-state index contributed by atoms with van der Waals surface area (Å²) in [5.74, 6) is 1.65. The van der Waals surface area contributed by atoms with Crippen LogP contribution in [-0.2, 0) is 18.3 Å². The first-order valence-electron chi connectivity index (χ1n) is 11.4. The molecule has 9 atom stereocenters. The van der Waals surface area contributed by atoms with Crippen LogP contribution in [0.2, 0.25) is 0 Å². The average Bonchev–Trinajstić information content (AvgIpc) is 3.02. The molecule has 0 aromatic rings. The fourth-order valence-electron chi connectivity index (χ4n) is 7.82.